The summed E-state index contributed by atoms with van der Waals surface area (Å²) < 4.78 is 11.6. The Balaban J connectivity index is 0.000000166. The third-order valence-corrected chi connectivity index (χ3v) is 7.43. The number of hydrogen-bond donors (Lipinski definition) is 2. The van der Waals surface area contributed by atoms with E-state index in [1.165, 1.54) is 49.7 Å². The molecule has 0 bridgehead atoms. The largest absolute Gasteiger partial charge is 0.486 e. The van der Waals surface area contributed by atoms with Crippen LogP contribution in [0.5, 0.6) is 11.5 Å². The zero-order chi connectivity index (χ0) is 24.0. The second kappa shape index (κ2) is 11.2. The number of carbonyl (C=O) groups is 1. The number of rotatable bonds is 4. The number of fused-ring (bicyclic) bond motifs is 4. The van der Waals surface area contributed by atoms with Crippen LogP contribution in [0.25, 0.3) is 10.9 Å². The van der Waals surface area contributed by atoms with Gasteiger partial charge >= 0.3 is 0 Å². The molecule has 0 unspecified atom stereocenters. The Bertz CT molecular complexity index is 1200. The maximum Gasteiger partial charge on any atom is 0.235 e. The molecule has 35 heavy (non-hydrogen) atoms. The first-order valence-electron chi connectivity index (χ1n) is 12.2. The summed E-state index contributed by atoms with van der Waals surface area (Å²) in [7, 11) is 0. The summed E-state index contributed by atoms with van der Waals surface area (Å²) in [4.78, 5) is 23.3. The smallest absolute Gasteiger partial charge is 0.235 e. The van der Waals surface area contributed by atoms with E-state index in [4.69, 9.17) is 15.2 Å². The van der Waals surface area contributed by atoms with Gasteiger partial charge in [0.25, 0.3) is 0 Å². The first kappa shape index (κ1) is 23.8. The topological polar surface area (TPSA) is 103 Å². The fourth-order valence-corrected chi connectivity index (χ4v) is 5.36. The lowest BCUT2D eigenvalue weighted by Gasteiger charge is -2.27. The molecule has 9 heteroatoms. The van der Waals surface area contributed by atoms with Crippen LogP contribution in [0.1, 0.15) is 30.5 Å². The average molecular weight is 494 g/mol. The zero-order valence-corrected chi connectivity index (χ0v) is 20.6. The fraction of sp³-hybridized carbons (Fsp3) is 0.423. The molecule has 0 spiro atoms. The molecule has 8 nitrogen and oxygen atoms in total. The van der Waals surface area contributed by atoms with Gasteiger partial charge in [0.1, 0.15) is 19.0 Å². The zero-order valence-electron chi connectivity index (χ0n) is 19.8. The first-order valence-corrected chi connectivity index (χ1v) is 13.2. The number of benzene rings is 1. The van der Waals surface area contributed by atoms with Gasteiger partial charge < -0.3 is 25.4 Å². The van der Waals surface area contributed by atoms with Crippen LogP contribution < -0.4 is 20.5 Å². The number of ether oxygens (including phenoxy) is 2. The Kier molecular flexibility index (Phi) is 7.66. The lowest BCUT2D eigenvalue weighted by molar-refractivity contribution is -0.113. The third-order valence-electron chi connectivity index (χ3n) is 6.38. The van der Waals surface area contributed by atoms with Gasteiger partial charge in [0.05, 0.1) is 21.9 Å². The maximum absolute atomic E-state index is 11.0. The number of thioether (sulfide) groups is 1. The highest BCUT2D eigenvalue weighted by Gasteiger charge is 2.19. The van der Waals surface area contributed by atoms with Crippen molar-refractivity contribution >= 4 is 34.4 Å². The van der Waals surface area contributed by atoms with E-state index in [2.05, 4.69) is 26.3 Å². The molecule has 5 heterocycles. The molecule has 1 fully saturated rings. The molecule has 0 aliphatic carbocycles. The Morgan fingerprint density at radius 1 is 1.06 bits per heavy atom. The lowest BCUT2D eigenvalue weighted by atomic mass is 10.0. The number of hydrogen-bond acceptors (Lipinski definition) is 8. The Hall–Kier alpha value is -2.88. The van der Waals surface area contributed by atoms with Crippen molar-refractivity contribution in [3.05, 3.63) is 47.8 Å². The molecule has 1 saturated heterocycles. The summed E-state index contributed by atoms with van der Waals surface area (Å²) in [6.07, 6.45) is 7.00. The molecule has 6 rings (SSSR count). The number of nitrogens with one attached hydrogen (secondary N) is 1. The van der Waals surface area contributed by atoms with Crippen LogP contribution in [-0.4, -0.2) is 59.4 Å². The normalized spacial score (nSPS) is 17.2. The van der Waals surface area contributed by atoms with Crippen LogP contribution in [-0.2, 0) is 17.8 Å². The molecule has 3 aromatic rings. The van der Waals surface area contributed by atoms with E-state index in [0.29, 0.717) is 31.3 Å². The number of amides is 1. The number of nitrogens with zero attached hydrogens (tertiary/aromatic N) is 3. The molecule has 3 N–H and O–H groups in total. The van der Waals surface area contributed by atoms with E-state index in [1.807, 2.05) is 30.5 Å². The van der Waals surface area contributed by atoms with Gasteiger partial charge in [-0.25, -0.2) is 4.98 Å². The first-order chi connectivity index (χ1) is 17.2. The minimum absolute atomic E-state index is 0.000767. The Morgan fingerprint density at radius 3 is 2.77 bits per heavy atom. The predicted molar refractivity (Wildman–Crippen MR) is 138 cm³/mol. The molecular formula is C26H31N5O3S. The average Bonchev–Trinajstić information content (AvgIpc) is 2.92. The van der Waals surface area contributed by atoms with E-state index < -0.39 is 0 Å². The molecule has 3 aliphatic rings. The standard InChI is InChI=1S/C18H22N2O2.C8H9N3OS/c1-2-9-20(10-3-1)11-7-14-6-8-19-15-4-5-16-18(17(14)15)22-13-12-21-16;9-3-5-1-2-6-8(10-5)11-7(12)4-13-6/h4-6,8H,1-3,7,9-13H2;1-2H,3-4,9H2,(H,10,11,12). The van der Waals surface area contributed by atoms with Crippen molar-refractivity contribution < 1.29 is 14.3 Å². The maximum atomic E-state index is 11.0. The molecule has 0 saturated carbocycles. The van der Waals surface area contributed by atoms with Crippen molar-refractivity contribution in [2.45, 2.75) is 37.1 Å². The van der Waals surface area contributed by atoms with E-state index in [1.54, 1.807) is 0 Å². The highest BCUT2D eigenvalue weighted by molar-refractivity contribution is 8.00. The van der Waals surface area contributed by atoms with Gasteiger partial charge in [0, 0.05) is 24.7 Å². The van der Waals surface area contributed by atoms with Crippen molar-refractivity contribution in [1.82, 2.24) is 14.9 Å². The molecule has 1 amide bonds. The summed E-state index contributed by atoms with van der Waals surface area (Å²) in [6, 6.07) is 9.95. The number of anilines is 1. The van der Waals surface area contributed by atoms with Crippen molar-refractivity contribution in [2.75, 3.05) is 43.9 Å². The number of carbonyl (C=O) groups excluding carboxylic acids is 1. The van der Waals surface area contributed by atoms with Gasteiger partial charge in [-0.15, -0.1) is 11.8 Å². The molecule has 184 valence electrons. The summed E-state index contributed by atoms with van der Waals surface area (Å²) in [5, 5.41) is 3.84. The molecule has 1 aromatic carbocycles. The van der Waals surface area contributed by atoms with Gasteiger partial charge in [-0.1, -0.05) is 6.42 Å². The summed E-state index contributed by atoms with van der Waals surface area (Å²) in [6.45, 7) is 5.23. The Labute approximate surface area is 209 Å². The third kappa shape index (κ3) is 5.69. The number of aromatic nitrogens is 2. The summed E-state index contributed by atoms with van der Waals surface area (Å²) >= 11 is 1.50. The van der Waals surface area contributed by atoms with Crippen LogP contribution >= 0.6 is 11.8 Å². The number of pyridine rings is 2. The van der Waals surface area contributed by atoms with Crippen LogP contribution in [0.3, 0.4) is 0 Å². The summed E-state index contributed by atoms with van der Waals surface area (Å²) in [5.41, 5.74) is 8.55. The molecule has 2 aromatic heterocycles. The SMILES string of the molecule is NCc1ccc2c(n1)NC(=O)CS2.c1cc(CCN2CCCCC2)c2c3c(ccc2n1)OCCO3. The number of likely N-dealkylation sites (tertiary alicyclic amines) is 1. The van der Waals surface area contributed by atoms with Gasteiger partial charge in [0.2, 0.25) is 5.91 Å². The van der Waals surface area contributed by atoms with Crippen LogP contribution in [0, 0.1) is 0 Å². The van der Waals surface area contributed by atoms with Gasteiger partial charge in [-0.05, 0) is 68.2 Å². The van der Waals surface area contributed by atoms with Crippen molar-refractivity contribution in [3.8, 4) is 11.5 Å². The monoisotopic (exact) mass is 493 g/mol. The van der Waals surface area contributed by atoms with E-state index in [0.717, 1.165) is 46.0 Å². The highest BCUT2D eigenvalue weighted by atomic mass is 32.2. The minimum atomic E-state index is -0.000767. The van der Waals surface area contributed by atoms with Crippen LogP contribution in [0.4, 0.5) is 5.82 Å². The van der Waals surface area contributed by atoms with Gasteiger partial charge in [-0.2, -0.15) is 0 Å². The lowest BCUT2D eigenvalue weighted by Crippen LogP contribution is -2.31. The molecule has 0 atom stereocenters. The molecule has 3 aliphatic heterocycles. The molecule has 0 radical (unpaired) electrons. The van der Waals surface area contributed by atoms with E-state index >= 15 is 0 Å². The highest BCUT2D eigenvalue weighted by Crippen LogP contribution is 2.39. The second-order valence-corrected chi connectivity index (χ2v) is 9.81. The Morgan fingerprint density at radius 2 is 1.91 bits per heavy atom. The quantitative estimate of drug-likeness (QED) is 0.568. The fourth-order valence-electron chi connectivity index (χ4n) is 4.60. The number of nitrogens with two attached hydrogens (primary N) is 1. The van der Waals surface area contributed by atoms with E-state index in [-0.39, 0.29) is 5.91 Å². The van der Waals surface area contributed by atoms with Crippen molar-refractivity contribution in [1.29, 1.82) is 0 Å². The van der Waals surface area contributed by atoms with Crippen LogP contribution in [0.2, 0.25) is 0 Å². The summed E-state index contributed by atoms with van der Waals surface area (Å²) in [5.74, 6) is 2.84. The van der Waals surface area contributed by atoms with Crippen LogP contribution in [0.15, 0.2) is 41.4 Å². The number of piperidine rings is 1. The second-order valence-electron chi connectivity index (χ2n) is 8.80. The van der Waals surface area contributed by atoms with Gasteiger partial charge in [0.15, 0.2) is 11.5 Å². The molecular weight excluding hydrogens is 462 g/mol. The van der Waals surface area contributed by atoms with Crippen molar-refractivity contribution in [3.63, 3.8) is 0 Å². The minimum Gasteiger partial charge on any atom is -0.486 e. The predicted octanol–water partition coefficient (Wildman–Crippen LogP) is 3.62. The van der Waals surface area contributed by atoms with E-state index in [9.17, 15) is 4.79 Å². The van der Waals surface area contributed by atoms with Crippen molar-refractivity contribution in [2.24, 2.45) is 5.73 Å². The van der Waals surface area contributed by atoms with Gasteiger partial charge in [-0.3, -0.25) is 9.78 Å².